The number of ketones is 1. The van der Waals surface area contributed by atoms with Gasteiger partial charge in [-0.05, 0) is 54.8 Å². The lowest BCUT2D eigenvalue weighted by molar-refractivity contribution is -0.346. The first-order valence-electron chi connectivity index (χ1n) is 22.9. The number of hydrogen-bond donors (Lipinski definition) is 2. The molecule has 378 valence electrons. The third kappa shape index (κ3) is 9.52. The van der Waals surface area contributed by atoms with Crippen LogP contribution in [0.15, 0.2) is 102 Å². The van der Waals surface area contributed by atoms with Gasteiger partial charge in [0.1, 0.15) is 42.7 Å². The van der Waals surface area contributed by atoms with Crippen LogP contribution in [-0.2, 0) is 66.6 Å². The molecule has 3 fully saturated rings. The second-order valence-electron chi connectivity index (χ2n) is 18.8. The van der Waals surface area contributed by atoms with Gasteiger partial charge in [0, 0.05) is 44.8 Å². The summed E-state index contributed by atoms with van der Waals surface area (Å²) in [6, 6.07) is 22.5. The first-order chi connectivity index (χ1) is 33.6. The highest BCUT2D eigenvalue weighted by molar-refractivity contribution is 5.96. The zero-order valence-electron chi connectivity index (χ0n) is 40.5. The average Bonchev–Trinajstić information content (AvgIpc) is 3.33. The van der Waals surface area contributed by atoms with E-state index in [4.69, 9.17) is 42.6 Å². The van der Waals surface area contributed by atoms with E-state index in [-0.39, 0.29) is 28.7 Å². The van der Waals surface area contributed by atoms with Crippen LogP contribution in [0.1, 0.15) is 86.7 Å². The summed E-state index contributed by atoms with van der Waals surface area (Å²) < 4.78 is 52.5. The lowest BCUT2D eigenvalue weighted by atomic mass is 9.44. The minimum atomic E-state index is -2.52. The number of carbonyl (C=O) groups is 8. The number of esters is 5. The van der Waals surface area contributed by atoms with E-state index in [1.54, 1.807) is 78.9 Å². The van der Waals surface area contributed by atoms with Gasteiger partial charge in [-0.25, -0.2) is 19.2 Å². The number of benzene rings is 3. The molecule has 71 heavy (non-hydrogen) atoms. The molecular weight excluding hydrogens is 927 g/mol. The smallest absolute Gasteiger partial charge is 0.455 e. The fourth-order valence-electron chi connectivity index (χ4n) is 10.9. The van der Waals surface area contributed by atoms with Crippen LogP contribution in [0.2, 0.25) is 0 Å². The summed E-state index contributed by atoms with van der Waals surface area (Å²) in [7, 11) is 2.28. The van der Waals surface area contributed by atoms with E-state index in [0.717, 1.165) is 21.0 Å². The predicted octanol–water partition coefficient (Wildman–Crippen LogP) is 4.72. The van der Waals surface area contributed by atoms with Crippen LogP contribution in [0.25, 0.3) is 0 Å². The number of hydrogen-bond acceptors (Lipinski definition) is 18. The van der Waals surface area contributed by atoms with E-state index in [0.29, 0.717) is 5.56 Å². The van der Waals surface area contributed by atoms with E-state index >= 15 is 9.59 Å². The molecule has 2 saturated carbocycles. The van der Waals surface area contributed by atoms with Gasteiger partial charge in [0.05, 0.1) is 30.6 Å². The van der Waals surface area contributed by atoms with Crippen molar-refractivity contribution >= 4 is 47.7 Å². The highest BCUT2D eigenvalue weighted by Crippen LogP contribution is 2.65. The van der Waals surface area contributed by atoms with E-state index in [1.807, 2.05) is 0 Å². The summed E-state index contributed by atoms with van der Waals surface area (Å²) >= 11 is 0. The van der Waals surface area contributed by atoms with Crippen LogP contribution < -0.4 is 5.32 Å². The minimum Gasteiger partial charge on any atom is -0.455 e. The standard InChI is InChI=1S/C52H57NO18/c1-28-34(67-47(60)41(69-37(56)26-63-7)39(31-18-12-9-13-19-31)53-45(58)32-20-14-10-15-21-32)25-52(62)44(70-46(59)33-22-16-11-17-23-33)42-50(6,43(57)40(66-29(2)54)38(28)49(52,4)5)35(68-48(61)64-8)24-36-51(42,27-65-36)71-30(3)55/h9-23,34-36,39-42,44,62H,24-27H2,1-8H3,(H,53,58)/t34-,35-,36+,39-,40+,41+,42-,44-,50+,51-,52+/m0/s1. The van der Waals surface area contributed by atoms with Gasteiger partial charge in [-0.3, -0.25) is 19.2 Å². The molecule has 0 radical (unpaired) electrons. The number of aliphatic hydroxyl groups is 1. The molecule has 4 aliphatic rings. The number of methoxy groups -OCH3 is 2. The van der Waals surface area contributed by atoms with Crippen LogP contribution in [0.5, 0.6) is 0 Å². The zero-order valence-corrected chi connectivity index (χ0v) is 40.5. The molecule has 3 aromatic rings. The van der Waals surface area contributed by atoms with E-state index in [9.17, 15) is 33.9 Å². The van der Waals surface area contributed by atoms with Crippen LogP contribution in [0.3, 0.4) is 0 Å². The summed E-state index contributed by atoms with van der Waals surface area (Å²) in [5.74, 6) is -8.32. The first kappa shape index (κ1) is 51.9. The molecule has 7 rings (SSSR count). The van der Waals surface area contributed by atoms with Crippen LogP contribution in [0.4, 0.5) is 4.79 Å². The molecule has 19 heteroatoms. The van der Waals surface area contributed by atoms with E-state index in [2.05, 4.69) is 5.32 Å². The van der Waals surface area contributed by atoms with Gasteiger partial charge in [-0.1, -0.05) is 80.6 Å². The Kier molecular flexibility index (Phi) is 14.9. The Morgan fingerprint density at radius 3 is 1.96 bits per heavy atom. The van der Waals surface area contributed by atoms with Gasteiger partial charge in [-0.2, -0.15) is 0 Å². The van der Waals surface area contributed by atoms with Crippen LogP contribution in [-0.4, -0.2) is 128 Å². The maximum atomic E-state index is 16.0. The van der Waals surface area contributed by atoms with Crippen molar-refractivity contribution in [2.24, 2.45) is 16.7 Å². The molecule has 11 atom stereocenters. The van der Waals surface area contributed by atoms with Gasteiger partial charge >= 0.3 is 36.0 Å². The highest BCUT2D eigenvalue weighted by Gasteiger charge is 2.79. The number of amides is 1. The Hall–Kier alpha value is -6.96. The summed E-state index contributed by atoms with van der Waals surface area (Å²) in [6.45, 7) is 7.08. The third-order valence-corrected chi connectivity index (χ3v) is 14.4. The topological polar surface area (TPSA) is 252 Å². The second-order valence-corrected chi connectivity index (χ2v) is 18.8. The normalized spacial score (nSPS) is 29.1. The molecule has 3 aliphatic carbocycles. The van der Waals surface area contributed by atoms with Crippen LogP contribution >= 0.6 is 0 Å². The molecule has 0 spiro atoms. The van der Waals surface area contributed by atoms with Gasteiger partial charge in [-0.15, -0.1) is 0 Å². The predicted molar refractivity (Wildman–Crippen MR) is 245 cm³/mol. The Morgan fingerprint density at radius 1 is 0.803 bits per heavy atom. The third-order valence-electron chi connectivity index (χ3n) is 14.4. The summed E-state index contributed by atoms with van der Waals surface area (Å²) in [5, 5.41) is 16.8. The number of ether oxygens (including phenoxy) is 9. The number of nitrogens with one attached hydrogen (secondary N) is 1. The molecule has 1 aliphatic heterocycles. The Balaban J connectivity index is 1.45. The molecule has 2 bridgehead atoms. The number of Topliss-reactive ketones (excluding diaryl/α,β-unsaturated/α-hetero) is 1. The lowest BCUT2D eigenvalue weighted by Crippen LogP contribution is -2.82. The molecule has 1 heterocycles. The average molecular weight is 984 g/mol. The van der Waals surface area contributed by atoms with Gasteiger partial charge in [0.25, 0.3) is 5.91 Å². The van der Waals surface area contributed by atoms with Crippen molar-refractivity contribution in [1.29, 1.82) is 0 Å². The molecule has 1 saturated heterocycles. The fraction of sp³-hybridized carbons (Fsp3) is 0.462. The largest absolute Gasteiger partial charge is 0.508 e. The van der Waals surface area contributed by atoms with Crippen molar-refractivity contribution in [3.63, 3.8) is 0 Å². The Morgan fingerprint density at radius 2 is 1.41 bits per heavy atom. The highest BCUT2D eigenvalue weighted by atomic mass is 16.7. The maximum Gasteiger partial charge on any atom is 0.508 e. The molecule has 1 amide bonds. The lowest BCUT2D eigenvalue weighted by Gasteiger charge is -2.67. The number of carbonyl (C=O) groups excluding carboxylic acids is 8. The number of rotatable bonds is 14. The molecule has 2 N–H and O–H groups in total. The van der Waals surface area contributed by atoms with Gasteiger partial charge in [0.15, 0.2) is 17.5 Å². The molecule has 0 aromatic heterocycles. The molecule has 0 unspecified atom stereocenters. The van der Waals surface area contributed by atoms with E-state index in [1.165, 1.54) is 46.9 Å². The summed E-state index contributed by atoms with van der Waals surface area (Å²) in [6.07, 6.45) is -12.3. The molecule has 3 aromatic carbocycles. The number of fused-ring (bicyclic) bond motifs is 5. The SMILES string of the molecule is COCC(=O)O[C@@H](C(=O)O[C@H]1C[C@@]2(O)[C@@H](OC(=O)c3ccccc3)[C@@H]3[C@]4(OC(C)=O)CO[C@@H]4C[C@H](OC(=O)OC)[C@@]3(C)C(=O)[C@H](OC(C)=O)C(=C1C)C2(C)C)[C@@H](NC(=O)c1ccccc1)c1ccccc1. The minimum absolute atomic E-state index is 0.0128. The second kappa shape index (κ2) is 20.4. The van der Waals surface area contributed by atoms with Crippen molar-refractivity contribution < 1.29 is 86.1 Å². The summed E-state index contributed by atoms with van der Waals surface area (Å²) in [4.78, 5) is 113. The summed E-state index contributed by atoms with van der Waals surface area (Å²) in [5.41, 5.74) is -7.83. The molecule has 19 nitrogen and oxygen atoms in total. The van der Waals surface area contributed by atoms with Crippen molar-refractivity contribution in [3.8, 4) is 0 Å². The monoisotopic (exact) mass is 983 g/mol. The van der Waals surface area contributed by atoms with Crippen molar-refractivity contribution in [2.45, 2.75) is 108 Å². The van der Waals surface area contributed by atoms with Crippen molar-refractivity contribution in [2.75, 3.05) is 27.4 Å². The maximum absolute atomic E-state index is 16.0. The Labute approximate surface area is 409 Å². The van der Waals surface area contributed by atoms with Crippen LogP contribution in [0, 0.1) is 16.7 Å². The van der Waals surface area contributed by atoms with E-state index < -0.39 is 138 Å². The quantitative estimate of drug-likeness (QED) is 0.126. The first-order valence-corrected chi connectivity index (χ1v) is 22.9. The molecular formula is C52H57NO18. The van der Waals surface area contributed by atoms with Gasteiger partial charge in [0.2, 0.25) is 6.10 Å². The Bertz CT molecular complexity index is 2580. The fourth-order valence-corrected chi connectivity index (χ4v) is 10.9. The van der Waals surface area contributed by atoms with Gasteiger partial charge < -0.3 is 53.1 Å². The van der Waals surface area contributed by atoms with Crippen molar-refractivity contribution in [1.82, 2.24) is 5.32 Å². The van der Waals surface area contributed by atoms with Crippen molar-refractivity contribution in [3.05, 3.63) is 119 Å². The zero-order chi connectivity index (χ0) is 51.6.